The Morgan fingerprint density at radius 3 is 2.55 bits per heavy atom. The third-order valence-electron chi connectivity index (χ3n) is 3.66. The molecule has 0 saturated carbocycles. The fourth-order valence-electron chi connectivity index (χ4n) is 2.32. The molecule has 0 radical (unpaired) electrons. The van der Waals surface area contributed by atoms with Crippen molar-refractivity contribution in [1.82, 2.24) is 15.0 Å². The molecular formula is C15H22N4O2S. The minimum absolute atomic E-state index is 0.132. The first-order valence-corrected chi connectivity index (χ1v) is 8.96. The number of sulfonamides is 1. The Morgan fingerprint density at radius 1 is 1.27 bits per heavy atom. The van der Waals surface area contributed by atoms with Crippen LogP contribution in [0.4, 0.5) is 0 Å². The normalized spacial score (nSPS) is 13.2. The first kappa shape index (κ1) is 16.6. The van der Waals surface area contributed by atoms with Crippen LogP contribution in [0.2, 0.25) is 0 Å². The summed E-state index contributed by atoms with van der Waals surface area (Å²) in [6, 6.07) is 6.61. The van der Waals surface area contributed by atoms with Crippen LogP contribution >= 0.6 is 0 Å². The fourth-order valence-corrected chi connectivity index (χ4v) is 2.83. The van der Waals surface area contributed by atoms with Crippen LogP contribution in [-0.2, 0) is 23.0 Å². The summed E-state index contributed by atoms with van der Waals surface area (Å²) in [5.41, 5.74) is 2.05. The first-order chi connectivity index (χ1) is 10.4. The average Bonchev–Trinajstić information content (AvgIpc) is 2.94. The minimum atomic E-state index is -3.63. The van der Waals surface area contributed by atoms with E-state index < -0.39 is 10.0 Å². The molecule has 0 fully saturated rings. The van der Waals surface area contributed by atoms with Gasteiger partial charge < -0.3 is 0 Å². The van der Waals surface area contributed by atoms with E-state index in [0.717, 1.165) is 30.5 Å². The highest BCUT2D eigenvalue weighted by Crippen LogP contribution is 2.17. The van der Waals surface area contributed by atoms with Crippen molar-refractivity contribution in [2.45, 2.75) is 50.5 Å². The molecule has 1 atom stereocenters. The summed E-state index contributed by atoms with van der Waals surface area (Å²) in [6.07, 6.45) is 4.98. The van der Waals surface area contributed by atoms with Crippen molar-refractivity contribution >= 4 is 10.0 Å². The van der Waals surface area contributed by atoms with Gasteiger partial charge in [-0.15, -0.1) is 5.10 Å². The Labute approximate surface area is 131 Å². The van der Waals surface area contributed by atoms with Gasteiger partial charge >= 0.3 is 0 Å². The number of benzene rings is 1. The van der Waals surface area contributed by atoms with Gasteiger partial charge in [-0.2, -0.15) is 0 Å². The van der Waals surface area contributed by atoms with Gasteiger partial charge in [0, 0.05) is 18.7 Å². The Balaban J connectivity index is 1.96. The van der Waals surface area contributed by atoms with E-state index in [4.69, 9.17) is 5.14 Å². The summed E-state index contributed by atoms with van der Waals surface area (Å²) in [5.74, 6) is 0.424. The molecule has 1 unspecified atom stereocenters. The van der Waals surface area contributed by atoms with Crippen LogP contribution in [0, 0.1) is 0 Å². The van der Waals surface area contributed by atoms with E-state index in [0.29, 0.717) is 12.5 Å². The van der Waals surface area contributed by atoms with Crippen molar-refractivity contribution in [3.8, 4) is 0 Å². The molecule has 7 heteroatoms. The van der Waals surface area contributed by atoms with Gasteiger partial charge in [-0.3, -0.25) is 4.68 Å². The lowest BCUT2D eigenvalue weighted by Gasteiger charge is -2.04. The van der Waals surface area contributed by atoms with Crippen molar-refractivity contribution in [1.29, 1.82) is 0 Å². The lowest BCUT2D eigenvalue weighted by atomic mass is 10.0. The average molecular weight is 322 g/mol. The third kappa shape index (κ3) is 4.38. The van der Waals surface area contributed by atoms with Crippen LogP contribution in [-0.4, -0.2) is 23.4 Å². The smallest absolute Gasteiger partial charge is 0.238 e. The number of hydrogen-bond acceptors (Lipinski definition) is 4. The van der Waals surface area contributed by atoms with Gasteiger partial charge in [0.15, 0.2) is 0 Å². The SMILES string of the molecule is CCCC(C)c1cn(CCc2ccc(S(N)(=O)=O)cc2)nn1. The molecule has 2 N–H and O–H groups in total. The summed E-state index contributed by atoms with van der Waals surface area (Å²) in [4.78, 5) is 0.132. The summed E-state index contributed by atoms with van der Waals surface area (Å²) >= 11 is 0. The second kappa shape index (κ2) is 7.02. The number of aromatic nitrogens is 3. The Hall–Kier alpha value is -1.73. The van der Waals surface area contributed by atoms with E-state index in [1.165, 1.54) is 12.1 Å². The van der Waals surface area contributed by atoms with Gasteiger partial charge in [-0.05, 0) is 30.5 Å². The predicted octanol–water partition coefficient (Wildman–Crippen LogP) is 2.07. The van der Waals surface area contributed by atoms with Crippen molar-refractivity contribution < 1.29 is 8.42 Å². The maximum atomic E-state index is 11.2. The molecule has 0 spiro atoms. The third-order valence-corrected chi connectivity index (χ3v) is 4.59. The highest BCUT2D eigenvalue weighted by atomic mass is 32.2. The number of primary sulfonamides is 1. The quantitative estimate of drug-likeness (QED) is 0.845. The standard InChI is InChI=1S/C15H22N4O2S/c1-3-4-12(2)15-11-19(18-17-15)10-9-13-5-7-14(8-6-13)22(16,20)21/h5-8,11-12H,3-4,9-10H2,1-2H3,(H2,16,20,21). The van der Waals surface area contributed by atoms with Gasteiger partial charge in [0.05, 0.1) is 10.6 Å². The molecule has 1 aromatic carbocycles. The van der Waals surface area contributed by atoms with E-state index in [-0.39, 0.29) is 4.90 Å². The summed E-state index contributed by atoms with van der Waals surface area (Å²) in [5, 5.41) is 13.4. The Kier molecular flexibility index (Phi) is 5.31. The Morgan fingerprint density at radius 2 is 1.95 bits per heavy atom. The monoisotopic (exact) mass is 322 g/mol. The molecule has 1 heterocycles. The predicted molar refractivity (Wildman–Crippen MR) is 84.9 cm³/mol. The lowest BCUT2D eigenvalue weighted by molar-refractivity contribution is 0.587. The van der Waals surface area contributed by atoms with Crippen molar-refractivity contribution in [3.63, 3.8) is 0 Å². The zero-order valence-corrected chi connectivity index (χ0v) is 13.8. The number of hydrogen-bond donors (Lipinski definition) is 1. The molecule has 0 aliphatic rings. The van der Waals surface area contributed by atoms with Crippen molar-refractivity contribution in [2.24, 2.45) is 5.14 Å². The van der Waals surface area contributed by atoms with Crippen molar-refractivity contribution in [2.75, 3.05) is 0 Å². The first-order valence-electron chi connectivity index (χ1n) is 7.42. The zero-order valence-electron chi connectivity index (χ0n) is 12.9. The summed E-state index contributed by atoms with van der Waals surface area (Å²) < 4.78 is 24.2. The highest BCUT2D eigenvalue weighted by Gasteiger charge is 2.10. The summed E-state index contributed by atoms with van der Waals surface area (Å²) in [6.45, 7) is 5.02. The Bertz CT molecular complexity index is 707. The molecule has 6 nitrogen and oxygen atoms in total. The number of aryl methyl sites for hydroxylation is 2. The number of rotatable bonds is 7. The van der Waals surface area contributed by atoms with E-state index in [9.17, 15) is 8.42 Å². The number of nitrogens with zero attached hydrogens (tertiary/aromatic N) is 3. The molecule has 0 aliphatic heterocycles. The van der Waals surface area contributed by atoms with Crippen LogP contribution < -0.4 is 5.14 Å². The molecule has 0 amide bonds. The second-order valence-corrected chi connectivity index (χ2v) is 7.10. The summed E-state index contributed by atoms with van der Waals surface area (Å²) in [7, 11) is -3.63. The van der Waals surface area contributed by atoms with Crippen LogP contribution in [0.5, 0.6) is 0 Å². The van der Waals surface area contributed by atoms with Crippen LogP contribution in [0.1, 0.15) is 43.9 Å². The van der Waals surface area contributed by atoms with E-state index >= 15 is 0 Å². The molecule has 120 valence electrons. The van der Waals surface area contributed by atoms with Gasteiger partial charge in [-0.1, -0.05) is 37.6 Å². The maximum Gasteiger partial charge on any atom is 0.238 e. The van der Waals surface area contributed by atoms with Gasteiger partial charge in [0.1, 0.15) is 0 Å². The molecule has 0 bridgehead atoms. The van der Waals surface area contributed by atoms with E-state index in [1.807, 2.05) is 10.9 Å². The van der Waals surface area contributed by atoms with E-state index in [1.54, 1.807) is 12.1 Å². The maximum absolute atomic E-state index is 11.2. The van der Waals surface area contributed by atoms with Gasteiger partial charge in [0.2, 0.25) is 10.0 Å². The molecule has 22 heavy (non-hydrogen) atoms. The molecule has 2 aromatic rings. The van der Waals surface area contributed by atoms with Gasteiger partial charge in [0.25, 0.3) is 0 Å². The molecule has 0 saturated heterocycles. The molecule has 1 aromatic heterocycles. The molecular weight excluding hydrogens is 300 g/mol. The zero-order chi connectivity index (χ0) is 16.2. The minimum Gasteiger partial charge on any atom is -0.252 e. The topological polar surface area (TPSA) is 90.9 Å². The number of nitrogens with two attached hydrogens (primary N) is 1. The van der Waals surface area contributed by atoms with Crippen LogP contribution in [0.15, 0.2) is 35.4 Å². The second-order valence-electron chi connectivity index (χ2n) is 5.54. The fraction of sp³-hybridized carbons (Fsp3) is 0.467. The van der Waals surface area contributed by atoms with Crippen LogP contribution in [0.25, 0.3) is 0 Å². The molecule has 0 aliphatic carbocycles. The highest BCUT2D eigenvalue weighted by molar-refractivity contribution is 7.89. The van der Waals surface area contributed by atoms with E-state index in [2.05, 4.69) is 24.2 Å². The molecule has 2 rings (SSSR count). The van der Waals surface area contributed by atoms with Crippen LogP contribution in [0.3, 0.4) is 0 Å². The lowest BCUT2D eigenvalue weighted by Crippen LogP contribution is -2.12. The largest absolute Gasteiger partial charge is 0.252 e. The van der Waals surface area contributed by atoms with Gasteiger partial charge in [-0.25, -0.2) is 13.6 Å². The van der Waals surface area contributed by atoms with Crippen molar-refractivity contribution in [3.05, 3.63) is 41.7 Å².